The second kappa shape index (κ2) is 5.82. The standard InChI is InChI=1S/C16H27NO2/c18-11-10-17(12-6-2-1-3-7-12)16(19)15-13-8-4-5-9-14(13)15/h12-15,18H,1-11H2. The van der Waals surface area contributed by atoms with Crippen LogP contribution in [0.25, 0.3) is 0 Å². The molecule has 3 aliphatic rings. The summed E-state index contributed by atoms with van der Waals surface area (Å²) in [4.78, 5) is 14.8. The molecule has 3 nitrogen and oxygen atoms in total. The van der Waals surface area contributed by atoms with E-state index in [0.29, 0.717) is 36.2 Å². The lowest BCUT2D eigenvalue weighted by atomic mass is 9.93. The highest BCUT2D eigenvalue weighted by Crippen LogP contribution is 2.56. The van der Waals surface area contributed by atoms with Gasteiger partial charge >= 0.3 is 0 Å². The van der Waals surface area contributed by atoms with Gasteiger partial charge in [-0.25, -0.2) is 0 Å². The lowest BCUT2D eigenvalue weighted by molar-refractivity contribution is -0.136. The molecule has 3 rings (SSSR count). The molecule has 2 atom stereocenters. The van der Waals surface area contributed by atoms with Crippen LogP contribution in [0.4, 0.5) is 0 Å². The van der Waals surface area contributed by atoms with Gasteiger partial charge in [0.05, 0.1) is 6.61 Å². The molecule has 3 heteroatoms. The topological polar surface area (TPSA) is 40.5 Å². The van der Waals surface area contributed by atoms with Gasteiger partial charge < -0.3 is 10.0 Å². The summed E-state index contributed by atoms with van der Waals surface area (Å²) >= 11 is 0. The van der Waals surface area contributed by atoms with Crippen molar-refractivity contribution in [3.63, 3.8) is 0 Å². The predicted octanol–water partition coefficient (Wildman–Crippen LogP) is 2.58. The second-order valence-electron chi connectivity index (χ2n) is 6.69. The number of hydrogen-bond acceptors (Lipinski definition) is 2. The Morgan fingerprint density at radius 1 is 0.947 bits per heavy atom. The Hall–Kier alpha value is -0.570. The highest BCUT2D eigenvalue weighted by Gasteiger charge is 2.56. The fourth-order valence-electron chi connectivity index (χ4n) is 4.52. The van der Waals surface area contributed by atoms with Crippen LogP contribution in [0.15, 0.2) is 0 Å². The Morgan fingerprint density at radius 3 is 2.11 bits per heavy atom. The molecule has 1 N–H and O–H groups in total. The molecule has 0 heterocycles. The number of amides is 1. The normalized spacial score (nSPS) is 34.7. The molecule has 2 unspecified atom stereocenters. The minimum atomic E-state index is 0.115. The molecule has 0 aliphatic heterocycles. The van der Waals surface area contributed by atoms with Crippen LogP contribution in [-0.2, 0) is 4.79 Å². The van der Waals surface area contributed by atoms with Gasteiger partial charge in [0.15, 0.2) is 0 Å². The summed E-state index contributed by atoms with van der Waals surface area (Å²) in [5.41, 5.74) is 0. The van der Waals surface area contributed by atoms with E-state index in [1.54, 1.807) is 0 Å². The molecule has 0 aromatic heterocycles. The van der Waals surface area contributed by atoms with Gasteiger partial charge in [0, 0.05) is 18.5 Å². The lowest BCUT2D eigenvalue weighted by Gasteiger charge is -2.34. The van der Waals surface area contributed by atoms with Crippen molar-refractivity contribution >= 4 is 5.91 Å². The molecule has 108 valence electrons. The number of aliphatic hydroxyl groups is 1. The van der Waals surface area contributed by atoms with Crippen LogP contribution >= 0.6 is 0 Å². The van der Waals surface area contributed by atoms with Gasteiger partial charge in [0.25, 0.3) is 0 Å². The van der Waals surface area contributed by atoms with Crippen molar-refractivity contribution in [2.24, 2.45) is 17.8 Å². The average Bonchev–Trinajstić information content (AvgIpc) is 3.19. The molecule has 0 aromatic rings. The van der Waals surface area contributed by atoms with E-state index in [0.717, 1.165) is 12.8 Å². The van der Waals surface area contributed by atoms with Gasteiger partial charge in [0.2, 0.25) is 5.91 Å². The molecule has 3 saturated carbocycles. The highest BCUT2D eigenvalue weighted by atomic mass is 16.3. The maximum absolute atomic E-state index is 12.8. The Bertz CT molecular complexity index is 313. The quantitative estimate of drug-likeness (QED) is 0.848. The Labute approximate surface area is 116 Å². The fraction of sp³-hybridized carbons (Fsp3) is 0.938. The van der Waals surface area contributed by atoms with Gasteiger partial charge in [-0.2, -0.15) is 0 Å². The third kappa shape index (κ3) is 2.67. The van der Waals surface area contributed by atoms with E-state index < -0.39 is 0 Å². The molecule has 1 amide bonds. The summed E-state index contributed by atoms with van der Waals surface area (Å²) in [6.45, 7) is 0.670. The predicted molar refractivity (Wildman–Crippen MR) is 74.6 cm³/mol. The van der Waals surface area contributed by atoms with Crippen LogP contribution in [0.3, 0.4) is 0 Å². The van der Waals surface area contributed by atoms with E-state index in [2.05, 4.69) is 0 Å². The molecule has 0 radical (unpaired) electrons. The summed E-state index contributed by atoms with van der Waals surface area (Å²) in [7, 11) is 0. The number of hydrogen-bond donors (Lipinski definition) is 1. The molecule has 3 fully saturated rings. The molecule has 0 saturated heterocycles. The van der Waals surface area contributed by atoms with Crippen molar-refractivity contribution in [1.82, 2.24) is 4.90 Å². The zero-order chi connectivity index (χ0) is 13.2. The lowest BCUT2D eigenvalue weighted by Crippen LogP contribution is -2.44. The molecule has 0 aromatic carbocycles. The first-order valence-electron chi connectivity index (χ1n) is 8.24. The summed E-state index contributed by atoms with van der Waals surface area (Å²) in [5.74, 6) is 2.06. The van der Waals surface area contributed by atoms with Crippen molar-refractivity contribution in [1.29, 1.82) is 0 Å². The monoisotopic (exact) mass is 265 g/mol. The van der Waals surface area contributed by atoms with Crippen molar-refractivity contribution < 1.29 is 9.90 Å². The van der Waals surface area contributed by atoms with Gasteiger partial charge in [-0.1, -0.05) is 32.1 Å². The highest BCUT2D eigenvalue weighted by molar-refractivity contribution is 5.82. The third-order valence-electron chi connectivity index (χ3n) is 5.58. The largest absolute Gasteiger partial charge is 0.395 e. The molecular weight excluding hydrogens is 238 g/mol. The Morgan fingerprint density at radius 2 is 1.53 bits per heavy atom. The SMILES string of the molecule is O=C(C1C2CCCCC21)N(CCO)C1CCCCC1. The van der Waals surface area contributed by atoms with Gasteiger partial charge in [0.1, 0.15) is 0 Å². The van der Waals surface area contributed by atoms with Crippen LogP contribution in [0.5, 0.6) is 0 Å². The van der Waals surface area contributed by atoms with E-state index in [9.17, 15) is 9.90 Å². The number of carbonyl (C=O) groups is 1. The maximum Gasteiger partial charge on any atom is 0.226 e. The Kier molecular flexibility index (Phi) is 4.11. The van der Waals surface area contributed by atoms with E-state index in [1.165, 1.54) is 44.9 Å². The van der Waals surface area contributed by atoms with Crippen LogP contribution in [-0.4, -0.2) is 35.1 Å². The number of fused-ring (bicyclic) bond motifs is 1. The second-order valence-corrected chi connectivity index (χ2v) is 6.69. The smallest absolute Gasteiger partial charge is 0.226 e. The van der Waals surface area contributed by atoms with Gasteiger partial charge in [-0.3, -0.25) is 4.79 Å². The first-order chi connectivity index (χ1) is 9.33. The van der Waals surface area contributed by atoms with E-state index in [-0.39, 0.29) is 6.61 Å². The van der Waals surface area contributed by atoms with Crippen molar-refractivity contribution in [3.8, 4) is 0 Å². The first-order valence-corrected chi connectivity index (χ1v) is 8.24. The number of rotatable bonds is 4. The number of aliphatic hydroxyl groups excluding tert-OH is 1. The first kappa shape index (κ1) is 13.4. The van der Waals surface area contributed by atoms with E-state index >= 15 is 0 Å². The summed E-state index contributed by atoms with van der Waals surface area (Å²) in [6, 6.07) is 0.413. The zero-order valence-corrected chi connectivity index (χ0v) is 11.9. The maximum atomic E-state index is 12.8. The van der Waals surface area contributed by atoms with Crippen molar-refractivity contribution in [2.75, 3.05) is 13.2 Å². The van der Waals surface area contributed by atoms with Gasteiger partial charge in [-0.15, -0.1) is 0 Å². The van der Waals surface area contributed by atoms with Crippen LogP contribution in [0, 0.1) is 17.8 Å². The van der Waals surface area contributed by atoms with E-state index in [4.69, 9.17) is 0 Å². The van der Waals surface area contributed by atoms with Gasteiger partial charge in [-0.05, 0) is 37.5 Å². The molecule has 0 spiro atoms. The summed E-state index contributed by atoms with van der Waals surface area (Å²) < 4.78 is 0. The number of nitrogens with zero attached hydrogens (tertiary/aromatic N) is 1. The van der Waals surface area contributed by atoms with Crippen molar-refractivity contribution in [2.45, 2.75) is 63.8 Å². The van der Waals surface area contributed by atoms with Crippen LogP contribution in [0.2, 0.25) is 0 Å². The Balaban J connectivity index is 1.64. The van der Waals surface area contributed by atoms with E-state index in [1.807, 2.05) is 4.90 Å². The average molecular weight is 265 g/mol. The number of carbonyl (C=O) groups excluding carboxylic acids is 1. The summed E-state index contributed by atoms with van der Waals surface area (Å²) in [5, 5.41) is 9.28. The van der Waals surface area contributed by atoms with Crippen LogP contribution < -0.4 is 0 Å². The molecule has 3 aliphatic carbocycles. The fourth-order valence-corrected chi connectivity index (χ4v) is 4.52. The van der Waals surface area contributed by atoms with Crippen LogP contribution in [0.1, 0.15) is 57.8 Å². The minimum absolute atomic E-state index is 0.115. The molecular formula is C16H27NO2. The zero-order valence-electron chi connectivity index (χ0n) is 11.9. The van der Waals surface area contributed by atoms with Crippen molar-refractivity contribution in [3.05, 3.63) is 0 Å². The molecule has 0 bridgehead atoms. The minimum Gasteiger partial charge on any atom is -0.395 e. The summed E-state index contributed by atoms with van der Waals surface area (Å²) in [6.07, 6.45) is 11.3. The third-order valence-corrected chi connectivity index (χ3v) is 5.58. The molecule has 19 heavy (non-hydrogen) atoms.